The maximum Gasteiger partial charge on any atom is 0.293 e. The number of nitro benzene ring substituents is 1. The fourth-order valence-corrected chi connectivity index (χ4v) is 4.89. The second kappa shape index (κ2) is 11.9. The topological polar surface area (TPSA) is 99.0 Å². The number of amides is 1. The minimum absolute atomic E-state index is 0.0286. The van der Waals surface area contributed by atoms with Gasteiger partial charge in [-0.25, -0.2) is 9.87 Å². The Labute approximate surface area is 215 Å². The quantitative estimate of drug-likeness (QED) is 0.243. The molecule has 9 heteroatoms. The number of hydroxylamine groups is 1. The van der Waals surface area contributed by atoms with Crippen LogP contribution in [0.1, 0.15) is 45.8 Å². The van der Waals surface area contributed by atoms with Gasteiger partial charge in [-0.3, -0.25) is 25.0 Å². The van der Waals surface area contributed by atoms with Gasteiger partial charge in [0.25, 0.3) is 11.6 Å². The van der Waals surface area contributed by atoms with E-state index in [0.717, 1.165) is 38.0 Å². The number of rotatable bonds is 9. The number of anilines is 1. The van der Waals surface area contributed by atoms with Crippen molar-refractivity contribution in [3.8, 4) is 0 Å². The van der Waals surface area contributed by atoms with Crippen LogP contribution in [0, 0.1) is 22.9 Å². The van der Waals surface area contributed by atoms with Crippen molar-refractivity contribution in [3.05, 3.63) is 105 Å². The zero-order valence-electron chi connectivity index (χ0n) is 20.8. The summed E-state index contributed by atoms with van der Waals surface area (Å²) in [6.45, 7) is 5.75. The Balaban J connectivity index is 1.36. The summed E-state index contributed by atoms with van der Waals surface area (Å²) in [5.74, 6) is -0.848. The van der Waals surface area contributed by atoms with Crippen molar-refractivity contribution in [1.82, 2.24) is 10.4 Å². The Morgan fingerprint density at radius 2 is 1.65 bits per heavy atom. The molecule has 3 aromatic carbocycles. The van der Waals surface area contributed by atoms with Crippen LogP contribution in [0.5, 0.6) is 0 Å². The third kappa shape index (κ3) is 6.49. The number of hydrogen-bond acceptors (Lipinski definition) is 6. The van der Waals surface area contributed by atoms with Crippen LogP contribution in [0.4, 0.5) is 15.8 Å². The molecule has 0 saturated carbocycles. The summed E-state index contributed by atoms with van der Waals surface area (Å²) >= 11 is 0. The number of benzene rings is 3. The number of aryl methyl sites for hydroxylation is 1. The molecule has 1 fully saturated rings. The summed E-state index contributed by atoms with van der Waals surface area (Å²) in [4.78, 5) is 27.1. The molecule has 1 amide bonds. The van der Waals surface area contributed by atoms with Gasteiger partial charge < -0.3 is 4.90 Å². The fraction of sp³-hybridized carbons (Fsp3) is 0.321. The Hall–Kier alpha value is -3.82. The SMILES string of the molecule is Cc1ccc(C(CCCN2CCN(c3ccc(C(=O)NO)cc3[N+](=O)[O-])CC2)c2ccc(F)cc2)cc1. The van der Waals surface area contributed by atoms with Gasteiger partial charge in [0.2, 0.25) is 0 Å². The largest absolute Gasteiger partial charge is 0.363 e. The smallest absolute Gasteiger partial charge is 0.293 e. The van der Waals surface area contributed by atoms with Gasteiger partial charge in [-0.2, -0.15) is 0 Å². The molecule has 3 aromatic rings. The van der Waals surface area contributed by atoms with Crippen LogP contribution in [0.25, 0.3) is 0 Å². The van der Waals surface area contributed by atoms with E-state index in [1.54, 1.807) is 6.07 Å². The van der Waals surface area contributed by atoms with Gasteiger partial charge in [-0.15, -0.1) is 0 Å². The Morgan fingerprint density at radius 3 is 2.24 bits per heavy atom. The van der Waals surface area contributed by atoms with Gasteiger partial charge in [0.05, 0.1) is 4.92 Å². The van der Waals surface area contributed by atoms with Crippen LogP contribution in [0.3, 0.4) is 0 Å². The Kier molecular flexibility index (Phi) is 8.47. The van der Waals surface area contributed by atoms with Crippen LogP contribution in [-0.2, 0) is 0 Å². The van der Waals surface area contributed by atoms with Gasteiger partial charge in [-0.1, -0.05) is 42.0 Å². The number of carbonyl (C=O) groups excluding carboxylic acids is 1. The minimum Gasteiger partial charge on any atom is -0.363 e. The van der Waals surface area contributed by atoms with E-state index >= 15 is 0 Å². The molecule has 0 aromatic heterocycles. The number of nitrogens with one attached hydrogen (secondary N) is 1. The molecule has 0 aliphatic carbocycles. The molecule has 1 unspecified atom stereocenters. The number of nitro groups is 1. The first-order valence-corrected chi connectivity index (χ1v) is 12.4. The molecule has 0 spiro atoms. The average molecular weight is 507 g/mol. The predicted octanol–water partition coefficient (Wildman–Crippen LogP) is 4.90. The van der Waals surface area contributed by atoms with Crippen LogP contribution in [0.15, 0.2) is 66.7 Å². The van der Waals surface area contributed by atoms with Gasteiger partial charge in [0, 0.05) is 43.7 Å². The van der Waals surface area contributed by atoms with Crippen molar-refractivity contribution in [3.63, 3.8) is 0 Å². The first kappa shape index (κ1) is 26.2. The van der Waals surface area contributed by atoms with E-state index in [0.29, 0.717) is 18.8 Å². The molecule has 1 aliphatic rings. The summed E-state index contributed by atoms with van der Waals surface area (Å²) in [5, 5.41) is 20.4. The molecule has 1 heterocycles. The lowest BCUT2D eigenvalue weighted by atomic mass is 9.87. The molecule has 1 saturated heterocycles. The number of hydrogen-bond donors (Lipinski definition) is 2. The first-order chi connectivity index (χ1) is 17.9. The summed E-state index contributed by atoms with van der Waals surface area (Å²) in [5.41, 5.74) is 5.36. The van der Waals surface area contributed by atoms with Crippen LogP contribution < -0.4 is 10.4 Å². The van der Waals surface area contributed by atoms with Crippen LogP contribution in [0.2, 0.25) is 0 Å². The average Bonchev–Trinajstić information content (AvgIpc) is 2.92. The van der Waals surface area contributed by atoms with E-state index in [4.69, 9.17) is 5.21 Å². The van der Waals surface area contributed by atoms with Crippen molar-refractivity contribution < 1.29 is 19.3 Å². The number of carbonyl (C=O) groups is 1. The highest BCUT2D eigenvalue weighted by Gasteiger charge is 2.25. The molecule has 4 rings (SSSR count). The van der Waals surface area contributed by atoms with Crippen LogP contribution in [-0.4, -0.2) is 53.7 Å². The fourth-order valence-electron chi connectivity index (χ4n) is 4.89. The van der Waals surface area contributed by atoms with Crippen LogP contribution >= 0.6 is 0 Å². The third-order valence-corrected chi connectivity index (χ3v) is 6.97. The molecular weight excluding hydrogens is 475 g/mol. The molecule has 37 heavy (non-hydrogen) atoms. The predicted molar refractivity (Wildman–Crippen MR) is 140 cm³/mol. The highest BCUT2D eigenvalue weighted by Crippen LogP contribution is 2.32. The second-order valence-corrected chi connectivity index (χ2v) is 9.39. The normalized spacial score (nSPS) is 14.8. The van der Waals surface area contributed by atoms with Gasteiger partial charge in [-0.05, 0) is 61.7 Å². The van der Waals surface area contributed by atoms with E-state index in [1.807, 2.05) is 17.0 Å². The van der Waals surface area contributed by atoms with Crippen molar-refractivity contribution in [1.29, 1.82) is 0 Å². The highest BCUT2D eigenvalue weighted by molar-refractivity contribution is 5.95. The maximum atomic E-state index is 13.5. The van der Waals surface area contributed by atoms with E-state index in [1.165, 1.54) is 40.9 Å². The van der Waals surface area contributed by atoms with Gasteiger partial charge in [0.1, 0.15) is 11.5 Å². The number of halogens is 1. The maximum absolute atomic E-state index is 13.5. The van der Waals surface area contributed by atoms with Crippen molar-refractivity contribution in [2.45, 2.75) is 25.7 Å². The lowest BCUT2D eigenvalue weighted by Crippen LogP contribution is -2.46. The lowest BCUT2D eigenvalue weighted by Gasteiger charge is -2.36. The zero-order valence-corrected chi connectivity index (χ0v) is 20.8. The molecule has 1 aliphatic heterocycles. The van der Waals surface area contributed by atoms with Gasteiger partial charge in [0.15, 0.2) is 0 Å². The van der Waals surface area contributed by atoms with E-state index < -0.39 is 10.8 Å². The molecular formula is C28H31FN4O4. The molecule has 1 atom stereocenters. The first-order valence-electron chi connectivity index (χ1n) is 12.4. The zero-order chi connectivity index (χ0) is 26.4. The van der Waals surface area contributed by atoms with E-state index in [-0.39, 0.29) is 23.0 Å². The lowest BCUT2D eigenvalue weighted by molar-refractivity contribution is -0.384. The molecule has 8 nitrogen and oxygen atoms in total. The summed E-state index contributed by atoms with van der Waals surface area (Å²) in [6, 6.07) is 19.5. The minimum atomic E-state index is -0.788. The van der Waals surface area contributed by atoms with Crippen molar-refractivity contribution in [2.24, 2.45) is 0 Å². The summed E-state index contributed by atoms with van der Waals surface area (Å²) < 4.78 is 13.5. The second-order valence-electron chi connectivity index (χ2n) is 9.39. The van der Waals surface area contributed by atoms with Crippen molar-refractivity contribution >= 4 is 17.3 Å². The van der Waals surface area contributed by atoms with Gasteiger partial charge >= 0.3 is 0 Å². The monoisotopic (exact) mass is 506 g/mol. The molecule has 0 bridgehead atoms. The molecule has 2 N–H and O–H groups in total. The summed E-state index contributed by atoms with van der Waals surface area (Å²) in [7, 11) is 0. The standard InChI is InChI=1S/C28H31FN4O4/c1-20-4-6-21(7-5-20)25(22-8-11-24(29)12-9-22)3-2-14-31-15-17-32(18-16-31)26-13-10-23(28(34)30-35)19-27(26)33(36)37/h4-13,19,25,35H,2-3,14-18H2,1H3,(H,30,34). The molecule has 0 radical (unpaired) electrons. The van der Waals surface area contributed by atoms with E-state index in [2.05, 4.69) is 36.1 Å². The Morgan fingerprint density at radius 1 is 1.03 bits per heavy atom. The Bertz CT molecular complexity index is 1180. The van der Waals surface area contributed by atoms with E-state index in [9.17, 15) is 19.3 Å². The third-order valence-electron chi connectivity index (χ3n) is 6.97. The number of nitrogens with zero attached hydrogens (tertiary/aromatic N) is 3. The highest BCUT2D eigenvalue weighted by atomic mass is 19.1. The summed E-state index contributed by atoms with van der Waals surface area (Å²) in [6.07, 6.45) is 1.88. The van der Waals surface area contributed by atoms with Crippen molar-refractivity contribution in [2.75, 3.05) is 37.6 Å². The number of piperazine rings is 1. The molecule has 194 valence electrons.